The number of anilines is 1. The molecule has 1 aromatic carbocycles. The Labute approximate surface area is 166 Å². The number of nitrogens with one attached hydrogen (secondary N) is 1. The number of carbonyl (C=O) groups is 1. The molecule has 2 fully saturated rings. The monoisotopic (exact) mass is 410 g/mol. The number of rotatable bonds is 5. The average molecular weight is 411 g/mol. The largest absolute Gasteiger partial charge is 0.472 e. The fraction of sp³-hybridized carbons (Fsp3) is 0.500. The van der Waals surface area contributed by atoms with Crippen LogP contribution in [0.2, 0.25) is 10.0 Å². The van der Waals surface area contributed by atoms with Gasteiger partial charge in [-0.1, -0.05) is 33.5 Å². The molecule has 1 saturated heterocycles. The standard InChI is InChI=1S/C18H20Cl2N4O3/c1-2-26-18(25)16-17(22-23-21-16)27-13-5-10-8-24(9-11(10)6-13)12-3-4-14(19)15(20)7-12/h3-4,7,10-11,13H,2,5-6,8-9H2,1H3,(H,21,22,23)/t10-,11?,13?/m1/s1. The van der Waals surface area contributed by atoms with Gasteiger partial charge in [0.25, 0.3) is 5.88 Å². The van der Waals surface area contributed by atoms with Gasteiger partial charge in [0.1, 0.15) is 6.10 Å². The van der Waals surface area contributed by atoms with Crippen molar-refractivity contribution < 1.29 is 14.3 Å². The summed E-state index contributed by atoms with van der Waals surface area (Å²) in [4.78, 5) is 14.2. The van der Waals surface area contributed by atoms with E-state index in [0.717, 1.165) is 31.6 Å². The van der Waals surface area contributed by atoms with Crippen molar-refractivity contribution in [2.45, 2.75) is 25.9 Å². The number of hydrogen-bond donors (Lipinski definition) is 1. The first kappa shape index (κ1) is 18.4. The molecule has 144 valence electrons. The van der Waals surface area contributed by atoms with Gasteiger partial charge in [-0.05, 0) is 49.8 Å². The fourth-order valence-corrected chi connectivity index (χ4v) is 4.32. The fourth-order valence-electron chi connectivity index (χ4n) is 4.03. The van der Waals surface area contributed by atoms with E-state index in [9.17, 15) is 4.79 Å². The molecule has 7 nitrogen and oxygen atoms in total. The van der Waals surface area contributed by atoms with Gasteiger partial charge in [0, 0.05) is 18.8 Å². The minimum atomic E-state index is -0.499. The quantitative estimate of drug-likeness (QED) is 0.758. The Bertz CT molecular complexity index is 830. The minimum absolute atomic E-state index is 0.0224. The number of esters is 1. The SMILES string of the molecule is CCOC(=O)c1[nH]nnc1OC1CC2CN(c3ccc(Cl)c(Cl)c3)C[C@H]2C1. The van der Waals surface area contributed by atoms with E-state index in [0.29, 0.717) is 21.9 Å². The Morgan fingerprint density at radius 1 is 1.26 bits per heavy atom. The van der Waals surface area contributed by atoms with Gasteiger partial charge in [-0.25, -0.2) is 9.89 Å². The second-order valence-electron chi connectivity index (χ2n) is 6.95. The molecule has 2 aromatic rings. The van der Waals surface area contributed by atoms with Gasteiger partial charge in [0.05, 0.1) is 16.7 Å². The zero-order chi connectivity index (χ0) is 19.0. The van der Waals surface area contributed by atoms with Crippen LogP contribution in [-0.4, -0.2) is 47.2 Å². The van der Waals surface area contributed by atoms with E-state index >= 15 is 0 Å². The Kier molecular flexibility index (Phi) is 5.14. The number of benzene rings is 1. The van der Waals surface area contributed by atoms with Gasteiger partial charge in [-0.2, -0.15) is 0 Å². The predicted octanol–water partition coefficient (Wildman–Crippen LogP) is 3.58. The third-order valence-corrected chi connectivity index (χ3v) is 5.99. The number of carbonyl (C=O) groups excluding carboxylic acids is 1. The second-order valence-corrected chi connectivity index (χ2v) is 7.76. The van der Waals surface area contributed by atoms with Crippen LogP contribution < -0.4 is 9.64 Å². The maximum absolute atomic E-state index is 11.9. The number of aromatic nitrogens is 3. The maximum Gasteiger partial charge on any atom is 0.362 e. The molecule has 3 atom stereocenters. The Morgan fingerprint density at radius 2 is 2.00 bits per heavy atom. The van der Waals surface area contributed by atoms with Crippen LogP contribution in [0.4, 0.5) is 5.69 Å². The van der Waals surface area contributed by atoms with Crippen LogP contribution in [0.25, 0.3) is 0 Å². The lowest BCUT2D eigenvalue weighted by Crippen LogP contribution is -2.24. The Balaban J connectivity index is 1.37. The highest BCUT2D eigenvalue weighted by molar-refractivity contribution is 6.42. The van der Waals surface area contributed by atoms with Crippen molar-refractivity contribution in [3.05, 3.63) is 33.9 Å². The molecule has 1 N–H and O–H groups in total. The summed E-state index contributed by atoms with van der Waals surface area (Å²) in [6.07, 6.45) is 1.85. The highest BCUT2D eigenvalue weighted by atomic mass is 35.5. The molecular formula is C18H20Cl2N4O3. The van der Waals surface area contributed by atoms with Gasteiger partial charge in [-0.15, -0.1) is 0 Å². The summed E-state index contributed by atoms with van der Waals surface area (Å²) < 4.78 is 11.0. The maximum atomic E-state index is 11.9. The molecule has 0 bridgehead atoms. The normalized spacial score (nSPS) is 24.1. The van der Waals surface area contributed by atoms with Crippen molar-refractivity contribution in [3.8, 4) is 5.88 Å². The van der Waals surface area contributed by atoms with Crippen LogP contribution in [0.3, 0.4) is 0 Å². The summed E-state index contributed by atoms with van der Waals surface area (Å²) in [5, 5.41) is 11.3. The molecule has 1 aliphatic heterocycles. The Morgan fingerprint density at radius 3 is 2.67 bits per heavy atom. The van der Waals surface area contributed by atoms with Gasteiger partial charge < -0.3 is 14.4 Å². The highest BCUT2D eigenvalue weighted by Crippen LogP contribution is 2.42. The van der Waals surface area contributed by atoms with Crippen LogP contribution >= 0.6 is 23.2 Å². The van der Waals surface area contributed by atoms with Crippen LogP contribution in [0.15, 0.2) is 18.2 Å². The number of nitrogens with zero attached hydrogens (tertiary/aromatic N) is 3. The van der Waals surface area contributed by atoms with Crippen LogP contribution in [0, 0.1) is 11.8 Å². The summed E-state index contributed by atoms with van der Waals surface area (Å²) in [6.45, 7) is 3.94. The summed E-state index contributed by atoms with van der Waals surface area (Å²) >= 11 is 12.2. The lowest BCUT2D eigenvalue weighted by Gasteiger charge is -2.21. The first-order chi connectivity index (χ1) is 13.0. The van der Waals surface area contributed by atoms with Crippen molar-refractivity contribution >= 4 is 34.9 Å². The smallest absolute Gasteiger partial charge is 0.362 e. The summed E-state index contributed by atoms with van der Waals surface area (Å²) in [5.41, 5.74) is 1.27. The van der Waals surface area contributed by atoms with Crippen molar-refractivity contribution in [2.75, 3.05) is 24.6 Å². The lowest BCUT2D eigenvalue weighted by molar-refractivity contribution is 0.0511. The van der Waals surface area contributed by atoms with E-state index < -0.39 is 5.97 Å². The number of fused-ring (bicyclic) bond motifs is 1. The molecule has 1 aliphatic carbocycles. The number of aromatic amines is 1. The van der Waals surface area contributed by atoms with E-state index in [4.69, 9.17) is 32.7 Å². The van der Waals surface area contributed by atoms with Crippen LogP contribution in [0.1, 0.15) is 30.3 Å². The Hall–Kier alpha value is -1.99. The van der Waals surface area contributed by atoms with Gasteiger partial charge >= 0.3 is 5.97 Å². The molecule has 4 rings (SSSR count). The summed E-state index contributed by atoms with van der Waals surface area (Å²) in [6, 6.07) is 5.75. The molecule has 0 spiro atoms. The van der Waals surface area contributed by atoms with Crippen molar-refractivity contribution in [3.63, 3.8) is 0 Å². The molecule has 1 saturated carbocycles. The van der Waals surface area contributed by atoms with Crippen LogP contribution in [0.5, 0.6) is 5.88 Å². The second kappa shape index (κ2) is 7.56. The van der Waals surface area contributed by atoms with E-state index in [1.807, 2.05) is 18.2 Å². The highest BCUT2D eigenvalue weighted by Gasteiger charge is 2.42. The molecule has 9 heteroatoms. The lowest BCUT2D eigenvalue weighted by atomic mass is 10.0. The van der Waals surface area contributed by atoms with Gasteiger partial charge in [0.2, 0.25) is 5.69 Å². The zero-order valence-corrected chi connectivity index (χ0v) is 16.3. The molecule has 0 amide bonds. The first-order valence-corrected chi connectivity index (χ1v) is 9.75. The molecule has 1 aromatic heterocycles. The topological polar surface area (TPSA) is 80.3 Å². The third kappa shape index (κ3) is 3.71. The number of hydrogen-bond acceptors (Lipinski definition) is 6. The molecule has 27 heavy (non-hydrogen) atoms. The minimum Gasteiger partial charge on any atom is -0.472 e. The van der Waals surface area contributed by atoms with Gasteiger partial charge in [0.15, 0.2) is 0 Å². The zero-order valence-electron chi connectivity index (χ0n) is 14.8. The van der Waals surface area contributed by atoms with E-state index in [1.165, 1.54) is 0 Å². The van der Waals surface area contributed by atoms with Crippen LogP contribution in [-0.2, 0) is 4.74 Å². The molecule has 2 heterocycles. The van der Waals surface area contributed by atoms with Crippen molar-refractivity contribution in [2.24, 2.45) is 11.8 Å². The number of H-pyrrole nitrogens is 1. The summed E-state index contributed by atoms with van der Waals surface area (Å²) in [5.74, 6) is 0.783. The van der Waals surface area contributed by atoms with Gasteiger partial charge in [-0.3, -0.25) is 0 Å². The first-order valence-electron chi connectivity index (χ1n) is 9.00. The third-order valence-electron chi connectivity index (χ3n) is 5.25. The van der Waals surface area contributed by atoms with E-state index in [2.05, 4.69) is 20.3 Å². The predicted molar refractivity (Wildman–Crippen MR) is 102 cm³/mol. The number of ether oxygens (including phenoxy) is 2. The molecule has 2 unspecified atom stereocenters. The number of halogens is 2. The molecular weight excluding hydrogens is 391 g/mol. The molecule has 2 aliphatic rings. The van der Waals surface area contributed by atoms with Crippen molar-refractivity contribution in [1.82, 2.24) is 15.4 Å². The summed E-state index contributed by atoms with van der Waals surface area (Å²) in [7, 11) is 0. The van der Waals surface area contributed by atoms with E-state index in [1.54, 1.807) is 6.92 Å². The average Bonchev–Trinajstić information content (AvgIpc) is 3.32. The van der Waals surface area contributed by atoms with Crippen molar-refractivity contribution in [1.29, 1.82) is 0 Å². The molecule has 0 radical (unpaired) electrons. The van der Waals surface area contributed by atoms with E-state index in [-0.39, 0.29) is 24.3 Å².